The van der Waals surface area contributed by atoms with E-state index in [2.05, 4.69) is 22.1 Å². The van der Waals surface area contributed by atoms with Crippen LogP contribution in [0.25, 0.3) is 0 Å². The minimum Gasteiger partial charge on any atom is -0.382 e. The van der Waals surface area contributed by atoms with E-state index in [1.54, 1.807) is 11.8 Å². The predicted octanol–water partition coefficient (Wildman–Crippen LogP) is 1.13. The van der Waals surface area contributed by atoms with Crippen molar-refractivity contribution in [1.29, 1.82) is 0 Å². The fourth-order valence-electron chi connectivity index (χ4n) is 2.11. The minimum atomic E-state index is -0.133. The van der Waals surface area contributed by atoms with E-state index in [9.17, 15) is 4.79 Å². The lowest BCUT2D eigenvalue weighted by Gasteiger charge is -2.29. The van der Waals surface area contributed by atoms with E-state index in [1.807, 2.05) is 6.26 Å². The number of nitrogens with zero attached hydrogens (tertiary/aromatic N) is 2. The molecule has 1 aromatic rings. The molecule has 21 heavy (non-hydrogen) atoms. The van der Waals surface area contributed by atoms with Crippen LogP contribution in [0.2, 0.25) is 0 Å². The first kappa shape index (κ1) is 16.4. The van der Waals surface area contributed by atoms with Crippen LogP contribution < -0.4 is 21.7 Å². The molecule has 118 valence electrons. The first-order chi connectivity index (χ1) is 10.0. The maximum absolute atomic E-state index is 12.2. The van der Waals surface area contributed by atoms with Gasteiger partial charge in [0.05, 0.1) is 0 Å². The third kappa shape index (κ3) is 4.24. The van der Waals surface area contributed by atoms with Crippen LogP contribution in [0.15, 0.2) is 0 Å². The van der Waals surface area contributed by atoms with Crippen molar-refractivity contribution in [2.75, 3.05) is 36.5 Å². The number of nitrogen functional groups attached to an aromatic ring is 1. The second kappa shape index (κ2) is 7.33. The minimum absolute atomic E-state index is 0.133. The number of thioether (sulfide) groups is 1. The van der Waals surface area contributed by atoms with Crippen LogP contribution in [0, 0.1) is 0 Å². The Labute approximate surface area is 133 Å². The van der Waals surface area contributed by atoms with Gasteiger partial charge in [0, 0.05) is 30.9 Å². The van der Waals surface area contributed by atoms with Gasteiger partial charge in [0.2, 0.25) is 0 Å². The summed E-state index contributed by atoms with van der Waals surface area (Å²) >= 11 is 3.08. The second-order valence-corrected chi connectivity index (χ2v) is 7.55. The van der Waals surface area contributed by atoms with Gasteiger partial charge >= 0.3 is 0 Å². The Morgan fingerprint density at radius 3 is 2.86 bits per heavy atom. The van der Waals surface area contributed by atoms with Crippen molar-refractivity contribution in [3.63, 3.8) is 0 Å². The van der Waals surface area contributed by atoms with Gasteiger partial charge in [-0.15, -0.1) is 0 Å². The van der Waals surface area contributed by atoms with Gasteiger partial charge in [0.1, 0.15) is 10.7 Å². The topological polar surface area (TPSA) is 97.3 Å². The summed E-state index contributed by atoms with van der Waals surface area (Å²) in [5, 5.41) is 4.11. The Morgan fingerprint density at radius 1 is 1.57 bits per heavy atom. The highest BCUT2D eigenvalue weighted by atomic mass is 32.2. The molecule has 0 aromatic carbocycles. The average molecular weight is 329 g/mol. The van der Waals surface area contributed by atoms with Gasteiger partial charge in [0.15, 0.2) is 5.13 Å². The Morgan fingerprint density at radius 2 is 2.24 bits per heavy atom. The van der Waals surface area contributed by atoms with Crippen LogP contribution in [-0.4, -0.2) is 48.1 Å². The molecule has 1 unspecified atom stereocenters. The van der Waals surface area contributed by atoms with Crippen molar-refractivity contribution < 1.29 is 4.79 Å². The Kier molecular flexibility index (Phi) is 5.72. The van der Waals surface area contributed by atoms with Gasteiger partial charge in [-0.2, -0.15) is 11.8 Å². The molecule has 0 spiro atoms. The average Bonchev–Trinajstić information content (AvgIpc) is 2.87. The predicted molar refractivity (Wildman–Crippen MR) is 91.3 cm³/mol. The van der Waals surface area contributed by atoms with E-state index < -0.39 is 0 Å². The van der Waals surface area contributed by atoms with Gasteiger partial charge in [-0.1, -0.05) is 18.3 Å². The number of nitrogens with two attached hydrogens (primary N) is 2. The zero-order valence-corrected chi connectivity index (χ0v) is 14.1. The SMILES string of the molecule is CSC(C)CNC(=O)c1sc(N2CCC(N)CC2)nc1N. The lowest BCUT2D eigenvalue weighted by atomic mass is 10.1. The summed E-state index contributed by atoms with van der Waals surface area (Å²) in [6.45, 7) is 4.45. The van der Waals surface area contributed by atoms with Gasteiger partial charge in [-0.25, -0.2) is 4.98 Å². The van der Waals surface area contributed by atoms with Crippen molar-refractivity contribution in [2.45, 2.75) is 31.1 Å². The van der Waals surface area contributed by atoms with Crippen molar-refractivity contribution in [2.24, 2.45) is 5.73 Å². The molecule has 8 heteroatoms. The normalized spacial score (nSPS) is 17.8. The lowest BCUT2D eigenvalue weighted by molar-refractivity contribution is 0.0959. The van der Waals surface area contributed by atoms with Crippen molar-refractivity contribution in [1.82, 2.24) is 10.3 Å². The Bertz CT molecular complexity index is 485. The van der Waals surface area contributed by atoms with E-state index in [-0.39, 0.29) is 11.9 Å². The molecular formula is C13H23N5OS2. The number of hydrogen-bond acceptors (Lipinski definition) is 7. The van der Waals surface area contributed by atoms with Crippen LogP contribution in [0.3, 0.4) is 0 Å². The van der Waals surface area contributed by atoms with Crippen LogP contribution in [0.1, 0.15) is 29.4 Å². The maximum Gasteiger partial charge on any atom is 0.265 e. The third-order valence-electron chi connectivity index (χ3n) is 3.61. The summed E-state index contributed by atoms with van der Waals surface area (Å²) in [7, 11) is 0. The molecule has 1 aromatic heterocycles. The summed E-state index contributed by atoms with van der Waals surface area (Å²) in [4.78, 5) is 19.2. The first-order valence-corrected chi connectivity index (χ1v) is 9.19. The quantitative estimate of drug-likeness (QED) is 0.749. The highest BCUT2D eigenvalue weighted by Crippen LogP contribution is 2.29. The monoisotopic (exact) mass is 329 g/mol. The molecule has 1 aliphatic rings. The van der Waals surface area contributed by atoms with E-state index in [0.29, 0.717) is 22.5 Å². The number of thiazole rings is 1. The zero-order chi connectivity index (χ0) is 15.4. The summed E-state index contributed by atoms with van der Waals surface area (Å²) in [5.41, 5.74) is 11.8. The molecule has 1 aliphatic heterocycles. The maximum atomic E-state index is 12.2. The number of aromatic nitrogens is 1. The second-order valence-electron chi connectivity index (χ2n) is 5.29. The number of hydrogen-bond donors (Lipinski definition) is 3. The number of carbonyl (C=O) groups excluding carboxylic acids is 1. The van der Waals surface area contributed by atoms with Crippen LogP contribution in [0.5, 0.6) is 0 Å². The molecule has 0 aliphatic carbocycles. The molecule has 6 nitrogen and oxygen atoms in total. The lowest BCUT2D eigenvalue weighted by Crippen LogP contribution is -2.39. The first-order valence-electron chi connectivity index (χ1n) is 7.09. The smallest absolute Gasteiger partial charge is 0.265 e. The fraction of sp³-hybridized carbons (Fsp3) is 0.692. The van der Waals surface area contributed by atoms with Crippen LogP contribution in [0.4, 0.5) is 10.9 Å². The number of amides is 1. The van der Waals surface area contributed by atoms with E-state index >= 15 is 0 Å². The van der Waals surface area contributed by atoms with Crippen LogP contribution >= 0.6 is 23.1 Å². The molecular weight excluding hydrogens is 306 g/mol. The summed E-state index contributed by atoms with van der Waals surface area (Å²) in [6, 6.07) is 0.273. The van der Waals surface area contributed by atoms with Gasteiger partial charge in [-0.3, -0.25) is 4.79 Å². The van der Waals surface area contributed by atoms with Crippen molar-refractivity contribution >= 4 is 40.0 Å². The standard InChI is InChI=1S/C13H23N5OS2/c1-8(20-2)7-16-12(19)10-11(15)17-13(21-10)18-5-3-9(14)4-6-18/h8-9H,3-7,14-15H2,1-2H3,(H,16,19). The molecule has 0 saturated carbocycles. The summed E-state index contributed by atoms with van der Waals surface area (Å²) in [5.74, 6) is 0.185. The van der Waals surface area contributed by atoms with Crippen molar-refractivity contribution in [3.05, 3.63) is 4.88 Å². The van der Waals surface area contributed by atoms with Crippen LogP contribution in [-0.2, 0) is 0 Å². The summed E-state index contributed by atoms with van der Waals surface area (Å²) in [6.07, 6.45) is 3.93. The van der Waals surface area contributed by atoms with Gasteiger partial charge in [0.25, 0.3) is 5.91 Å². The summed E-state index contributed by atoms with van der Waals surface area (Å²) < 4.78 is 0. The molecule has 0 radical (unpaired) electrons. The molecule has 0 bridgehead atoms. The molecule has 5 N–H and O–H groups in total. The molecule has 1 fully saturated rings. The number of rotatable bonds is 5. The molecule has 1 amide bonds. The third-order valence-corrected chi connectivity index (χ3v) is 5.71. The Balaban J connectivity index is 2.00. The van der Waals surface area contributed by atoms with E-state index in [1.165, 1.54) is 11.3 Å². The Hall–Kier alpha value is -0.990. The number of carbonyl (C=O) groups is 1. The van der Waals surface area contributed by atoms with Gasteiger partial charge in [-0.05, 0) is 19.1 Å². The number of piperidine rings is 1. The van der Waals surface area contributed by atoms with Gasteiger partial charge < -0.3 is 21.7 Å². The van der Waals surface area contributed by atoms with E-state index in [0.717, 1.165) is 31.1 Å². The highest BCUT2D eigenvalue weighted by molar-refractivity contribution is 7.99. The zero-order valence-electron chi connectivity index (χ0n) is 12.5. The van der Waals surface area contributed by atoms with E-state index in [4.69, 9.17) is 11.5 Å². The molecule has 1 saturated heterocycles. The molecule has 2 heterocycles. The number of anilines is 2. The van der Waals surface area contributed by atoms with Crippen molar-refractivity contribution in [3.8, 4) is 0 Å². The number of nitrogens with one attached hydrogen (secondary N) is 1. The molecule has 2 rings (SSSR count). The fourth-order valence-corrected chi connectivity index (χ4v) is 3.31. The largest absolute Gasteiger partial charge is 0.382 e. The molecule has 1 atom stereocenters. The highest BCUT2D eigenvalue weighted by Gasteiger charge is 2.22.